The molecule has 17 heavy (non-hydrogen) atoms. The Kier molecular flexibility index (Phi) is 10.9. The first-order valence-electron chi connectivity index (χ1n) is 5.73. The Labute approximate surface area is 117 Å². The Morgan fingerprint density at radius 2 is 1.82 bits per heavy atom. The van der Waals surface area contributed by atoms with Gasteiger partial charge in [-0.3, -0.25) is 0 Å². The van der Waals surface area contributed by atoms with E-state index < -0.39 is 9.84 Å². The number of hydrogen-bond donors (Lipinski definition) is 1. The van der Waals surface area contributed by atoms with E-state index in [9.17, 15) is 8.42 Å². The lowest BCUT2D eigenvalue weighted by molar-refractivity contribution is 0.298. The summed E-state index contributed by atoms with van der Waals surface area (Å²) in [6.07, 6.45) is 0.778. The topological polar surface area (TPSA) is 49.4 Å². The number of hydrogen-bond acceptors (Lipinski definition) is 4. The average molecular weight is 307 g/mol. The standard InChI is InChI=1S/C10H22N2O2S.2ClH/c1-3-12(4-2)7-6-11-10-5-8-15(13,14)9-10;;/h10-11H,3-9H2,1-2H3;2*1H. The fourth-order valence-electron chi connectivity index (χ4n) is 1.92. The fraction of sp³-hybridized carbons (Fsp3) is 1.00. The first kappa shape index (κ1) is 19.8. The molecule has 0 aliphatic carbocycles. The Morgan fingerprint density at radius 3 is 2.24 bits per heavy atom. The first-order chi connectivity index (χ1) is 7.07. The summed E-state index contributed by atoms with van der Waals surface area (Å²) in [5.74, 6) is 0.682. The van der Waals surface area contributed by atoms with Crippen LogP contribution in [0.5, 0.6) is 0 Å². The SMILES string of the molecule is CCN(CC)CCNC1CCS(=O)(=O)C1.Cl.Cl. The summed E-state index contributed by atoms with van der Waals surface area (Å²) in [6, 6.07) is 0.186. The Bertz CT molecular complexity index is 282. The summed E-state index contributed by atoms with van der Waals surface area (Å²) in [6.45, 7) is 8.29. The molecule has 1 N–H and O–H groups in total. The number of halogens is 2. The van der Waals surface area contributed by atoms with Gasteiger partial charge < -0.3 is 10.2 Å². The van der Waals surface area contributed by atoms with Crippen molar-refractivity contribution in [2.75, 3.05) is 37.7 Å². The molecule has 0 aromatic rings. The van der Waals surface area contributed by atoms with Gasteiger partial charge in [0.2, 0.25) is 0 Å². The van der Waals surface area contributed by atoms with Crippen molar-refractivity contribution >= 4 is 34.7 Å². The first-order valence-corrected chi connectivity index (χ1v) is 7.55. The van der Waals surface area contributed by atoms with Crippen LogP contribution in [-0.4, -0.2) is 57.0 Å². The van der Waals surface area contributed by atoms with Crippen LogP contribution < -0.4 is 5.32 Å². The van der Waals surface area contributed by atoms with Crippen molar-refractivity contribution in [2.24, 2.45) is 0 Å². The summed E-state index contributed by atoms with van der Waals surface area (Å²) in [5, 5.41) is 3.32. The number of rotatable bonds is 6. The van der Waals surface area contributed by atoms with Crippen molar-refractivity contribution in [3.05, 3.63) is 0 Å². The van der Waals surface area contributed by atoms with Crippen LogP contribution in [0.25, 0.3) is 0 Å². The van der Waals surface area contributed by atoms with E-state index in [1.807, 2.05) is 0 Å². The van der Waals surface area contributed by atoms with Crippen molar-refractivity contribution in [2.45, 2.75) is 26.3 Å². The van der Waals surface area contributed by atoms with Crippen molar-refractivity contribution in [1.29, 1.82) is 0 Å². The molecule has 7 heteroatoms. The molecule has 106 valence electrons. The second kappa shape index (κ2) is 9.39. The molecule has 0 spiro atoms. The predicted octanol–water partition coefficient (Wildman–Crippen LogP) is 0.949. The second-order valence-electron chi connectivity index (χ2n) is 4.08. The van der Waals surface area contributed by atoms with Gasteiger partial charge in [0.25, 0.3) is 0 Å². The fourth-order valence-corrected chi connectivity index (χ4v) is 3.63. The van der Waals surface area contributed by atoms with Crippen LogP contribution in [-0.2, 0) is 9.84 Å². The van der Waals surface area contributed by atoms with E-state index in [0.29, 0.717) is 11.5 Å². The van der Waals surface area contributed by atoms with Gasteiger partial charge in [0, 0.05) is 19.1 Å². The van der Waals surface area contributed by atoms with Crippen LogP contribution in [0, 0.1) is 0 Å². The minimum Gasteiger partial charge on any atom is -0.312 e. The molecule has 1 aliphatic rings. The molecule has 1 rings (SSSR count). The lowest BCUT2D eigenvalue weighted by Gasteiger charge is -2.19. The van der Waals surface area contributed by atoms with Crippen molar-refractivity contribution < 1.29 is 8.42 Å². The van der Waals surface area contributed by atoms with Gasteiger partial charge in [-0.15, -0.1) is 24.8 Å². The zero-order valence-corrected chi connectivity index (χ0v) is 13.0. The van der Waals surface area contributed by atoms with Gasteiger partial charge >= 0.3 is 0 Å². The molecular formula is C10H24Cl2N2O2S. The van der Waals surface area contributed by atoms with Crippen LogP contribution in [0.3, 0.4) is 0 Å². The Morgan fingerprint density at radius 1 is 1.24 bits per heavy atom. The van der Waals surface area contributed by atoms with Crippen LogP contribution in [0.1, 0.15) is 20.3 Å². The molecule has 0 aromatic carbocycles. The molecule has 1 atom stereocenters. The number of nitrogens with zero attached hydrogens (tertiary/aromatic N) is 1. The van der Waals surface area contributed by atoms with Gasteiger partial charge in [0.15, 0.2) is 9.84 Å². The lowest BCUT2D eigenvalue weighted by atomic mass is 10.2. The third-order valence-electron chi connectivity index (χ3n) is 2.99. The Balaban J connectivity index is 0. The second-order valence-corrected chi connectivity index (χ2v) is 6.31. The molecule has 1 aliphatic heterocycles. The zero-order valence-electron chi connectivity index (χ0n) is 10.5. The van der Waals surface area contributed by atoms with Gasteiger partial charge in [-0.25, -0.2) is 8.42 Å². The van der Waals surface area contributed by atoms with Gasteiger partial charge in [-0.1, -0.05) is 13.8 Å². The third-order valence-corrected chi connectivity index (χ3v) is 4.76. The van der Waals surface area contributed by atoms with E-state index in [-0.39, 0.29) is 30.9 Å². The molecule has 0 radical (unpaired) electrons. The number of nitrogens with one attached hydrogen (secondary N) is 1. The van der Waals surface area contributed by atoms with Gasteiger partial charge in [-0.2, -0.15) is 0 Å². The average Bonchev–Trinajstić information content (AvgIpc) is 2.53. The molecule has 1 unspecified atom stereocenters. The third kappa shape index (κ3) is 7.47. The predicted molar refractivity (Wildman–Crippen MR) is 77.3 cm³/mol. The molecule has 0 aromatic heterocycles. The highest BCUT2D eigenvalue weighted by molar-refractivity contribution is 7.91. The largest absolute Gasteiger partial charge is 0.312 e. The summed E-state index contributed by atoms with van der Waals surface area (Å²) >= 11 is 0. The van der Waals surface area contributed by atoms with E-state index in [0.717, 1.165) is 32.6 Å². The lowest BCUT2D eigenvalue weighted by Crippen LogP contribution is -2.37. The van der Waals surface area contributed by atoms with Gasteiger partial charge in [-0.05, 0) is 19.5 Å². The van der Waals surface area contributed by atoms with Gasteiger partial charge in [0.1, 0.15) is 0 Å². The summed E-state index contributed by atoms with van der Waals surface area (Å²) in [4.78, 5) is 2.33. The maximum atomic E-state index is 11.2. The van der Waals surface area contributed by atoms with Crippen molar-refractivity contribution in [1.82, 2.24) is 10.2 Å². The number of sulfone groups is 1. The zero-order chi connectivity index (χ0) is 11.3. The maximum absolute atomic E-state index is 11.2. The van der Waals surface area contributed by atoms with Crippen LogP contribution in [0.15, 0.2) is 0 Å². The highest BCUT2D eigenvalue weighted by atomic mass is 35.5. The molecule has 0 saturated carbocycles. The van der Waals surface area contributed by atoms with E-state index in [1.165, 1.54) is 0 Å². The van der Waals surface area contributed by atoms with Crippen molar-refractivity contribution in [3.63, 3.8) is 0 Å². The molecule has 1 saturated heterocycles. The summed E-state index contributed by atoms with van der Waals surface area (Å²) < 4.78 is 22.4. The normalized spacial score (nSPS) is 21.9. The molecule has 0 amide bonds. The highest BCUT2D eigenvalue weighted by Crippen LogP contribution is 2.10. The summed E-state index contributed by atoms with van der Waals surface area (Å²) in [5.41, 5.74) is 0. The quantitative estimate of drug-likeness (QED) is 0.794. The summed E-state index contributed by atoms with van der Waals surface area (Å²) in [7, 11) is -2.73. The Hall–Kier alpha value is 0.450. The van der Waals surface area contributed by atoms with Crippen molar-refractivity contribution in [3.8, 4) is 0 Å². The number of likely N-dealkylation sites (N-methyl/N-ethyl adjacent to an activating group) is 1. The molecular weight excluding hydrogens is 283 g/mol. The van der Waals surface area contributed by atoms with E-state index in [2.05, 4.69) is 24.1 Å². The highest BCUT2D eigenvalue weighted by Gasteiger charge is 2.26. The van der Waals surface area contributed by atoms with Crippen LogP contribution in [0.4, 0.5) is 0 Å². The molecule has 0 bridgehead atoms. The van der Waals surface area contributed by atoms with E-state index in [1.54, 1.807) is 0 Å². The minimum atomic E-state index is -2.73. The maximum Gasteiger partial charge on any atom is 0.151 e. The molecule has 1 fully saturated rings. The van der Waals surface area contributed by atoms with E-state index in [4.69, 9.17) is 0 Å². The molecule has 1 heterocycles. The van der Waals surface area contributed by atoms with E-state index >= 15 is 0 Å². The van der Waals surface area contributed by atoms with Crippen LogP contribution >= 0.6 is 24.8 Å². The smallest absolute Gasteiger partial charge is 0.151 e. The monoisotopic (exact) mass is 306 g/mol. The molecule has 4 nitrogen and oxygen atoms in total. The van der Waals surface area contributed by atoms with Crippen LogP contribution in [0.2, 0.25) is 0 Å². The van der Waals surface area contributed by atoms with Gasteiger partial charge in [0.05, 0.1) is 11.5 Å². The minimum absolute atomic E-state index is 0.